The maximum atomic E-state index is 9.43. The Balaban J connectivity index is 2.73. The maximum absolute atomic E-state index is 9.43. The third-order valence-electron chi connectivity index (χ3n) is 1.89. The van der Waals surface area contributed by atoms with E-state index >= 15 is 0 Å². The minimum Gasteiger partial charge on any atom is -0.504 e. The summed E-state index contributed by atoms with van der Waals surface area (Å²) in [5, 5.41) is 12.9. The van der Waals surface area contributed by atoms with Gasteiger partial charge in [0.2, 0.25) is 0 Å². The topological polar surface area (TPSA) is 78.2 Å². The van der Waals surface area contributed by atoms with Crippen molar-refractivity contribution in [2.24, 2.45) is 5.11 Å². The molecule has 0 unspecified atom stereocenters. The molecule has 0 saturated carbocycles. The summed E-state index contributed by atoms with van der Waals surface area (Å²) in [5.41, 5.74) is 9.10. The van der Waals surface area contributed by atoms with Crippen LogP contribution in [0.25, 0.3) is 10.4 Å². The number of hydrogen-bond acceptors (Lipinski definition) is 3. The fourth-order valence-electron chi connectivity index (χ4n) is 1.21. The standard InChI is InChI=1S/C10H13N3O2/c1-2-15-10-7-8(3-4-9(10)14)5-6-12-13-11/h3-4,7,14H,2,5-6H2,1H3. The van der Waals surface area contributed by atoms with Crippen molar-refractivity contribution < 1.29 is 9.84 Å². The second kappa shape index (κ2) is 5.78. The summed E-state index contributed by atoms with van der Waals surface area (Å²) in [7, 11) is 0. The molecule has 0 aliphatic heterocycles. The van der Waals surface area contributed by atoms with E-state index < -0.39 is 0 Å². The first-order valence-electron chi connectivity index (χ1n) is 4.73. The largest absolute Gasteiger partial charge is 0.504 e. The Morgan fingerprint density at radius 2 is 2.33 bits per heavy atom. The van der Waals surface area contributed by atoms with Crippen LogP contribution in [0.2, 0.25) is 0 Å². The van der Waals surface area contributed by atoms with E-state index in [-0.39, 0.29) is 5.75 Å². The lowest BCUT2D eigenvalue weighted by Gasteiger charge is -2.07. The van der Waals surface area contributed by atoms with Crippen LogP contribution in [0.5, 0.6) is 11.5 Å². The SMILES string of the molecule is CCOc1cc(CCN=[N+]=[N-])ccc1O. The lowest BCUT2D eigenvalue weighted by Crippen LogP contribution is -1.94. The summed E-state index contributed by atoms with van der Waals surface area (Å²) >= 11 is 0. The second-order valence-corrected chi connectivity index (χ2v) is 2.94. The second-order valence-electron chi connectivity index (χ2n) is 2.94. The van der Waals surface area contributed by atoms with E-state index in [1.54, 1.807) is 18.2 Å². The Bertz CT molecular complexity index is 373. The van der Waals surface area contributed by atoms with Gasteiger partial charge in [0.15, 0.2) is 11.5 Å². The molecule has 0 aliphatic rings. The van der Waals surface area contributed by atoms with Gasteiger partial charge in [0, 0.05) is 11.5 Å². The van der Waals surface area contributed by atoms with Crippen molar-refractivity contribution in [3.05, 3.63) is 34.2 Å². The number of rotatable bonds is 5. The number of azide groups is 1. The molecule has 1 aromatic carbocycles. The van der Waals surface area contributed by atoms with Crippen LogP contribution in [0, 0.1) is 0 Å². The van der Waals surface area contributed by atoms with Crippen molar-refractivity contribution in [1.29, 1.82) is 0 Å². The van der Waals surface area contributed by atoms with Crippen molar-refractivity contribution >= 4 is 0 Å². The maximum Gasteiger partial charge on any atom is 0.161 e. The lowest BCUT2D eigenvalue weighted by molar-refractivity contribution is 0.318. The van der Waals surface area contributed by atoms with Gasteiger partial charge in [-0.25, -0.2) is 0 Å². The predicted molar refractivity (Wildman–Crippen MR) is 57.0 cm³/mol. The lowest BCUT2D eigenvalue weighted by atomic mass is 10.1. The Morgan fingerprint density at radius 3 is 3.00 bits per heavy atom. The van der Waals surface area contributed by atoms with Crippen molar-refractivity contribution in [3.8, 4) is 11.5 Å². The Morgan fingerprint density at radius 1 is 1.53 bits per heavy atom. The van der Waals surface area contributed by atoms with Crippen molar-refractivity contribution in [2.75, 3.05) is 13.2 Å². The summed E-state index contributed by atoms with van der Waals surface area (Å²) in [4.78, 5) is 2.67. The normalized spacial score (nSPS) is 9.40. The molecule has 1 aromatic rings. The highest BCUT2D eigenvalue weighted by Crippen LogP contribution is 2.26. The average Bonchev–Trinajstić information content (AvgIpc) is 2.23. The minimum atomic E-state index is 0.129. The first-order valence-corrected chi connectivity index (χ1v) is 4.73. The highest BCUT2D eigenvalue weighted by molar-refractivity contribution is 5.41. The van der Waals surface area contributed by atoms with Crippen LogP contribution in [0.15, 0.2) is 23.3 Å². The van der Waals surface area contributed by atoms with E-state index in [4.69, 9.17) is 10.3 Å². The number of ether oxygens (including phenoxy) is 1. The van der Waals surface area contributed by atoms with E-state index in [1.807, 2.05) is 6.92 Å². The number of hydrogen-bond donors (Lipinski definition) is 1. The van der Waals surface area contributed by atoms with Gasteiger partial charge in [0.05, 0.1) is 6.61 Å². The third-order valence-corrected chi connectivity index (χ3v) is 1.89. The molecule has 0 aliphatic carbocycles. The number of phenols is 1. The van der Waals surface area contributed by atoms with Crippen LogP contribution in [0.3, 0.4) is 0 Å². The van der Waals surface area contributed by atoms with E-state index in [9.17, 15) is 5.11 Å². The molecule has 15 heavy (non-hydrogen) atoms. The van der Waals surface area contributed by atoms with Gasteiger partial charge in [-0.15, -0.1) is 0 Å². The van der Waals surface area contributed by atoms with Crippen molar-refractivity contribution in [3.63, 3.8) is 0 Å². The molecule has 0 amide bonds. The van der Waals surface area contributed by atoms with Crippen molar-refractivity contribution in [2.45, 2.75) is 13.3 Å². The summed E-state index contributed by atoms with van der Waals surface area (Å²) in [6.07, 6.45) is 0.643. The highest BCUT2D eigenvalue weighted by atomic mass is 16.5. The van der Waals surface area contributed by atoms with E-state index in [0.717, 1.165) is 5.56 Å². The summed E-state index contributed by atoms with van der Waals surface area (Å²) in [5.74, 6) is 0.598. The molecule has 0 spiro atoms. The first-order chi connectivity index (χ1) is 7.27. The molecule has 0 heterocycles. The van der Waals surface area contributed by atoms with Gasteiger partial charge < -0.3 is 9.84 Å². The van der Waals surface area contributed by atoms with E-state index in [1.165, 1.54) is 0 Å². The predicted octanol–water partition coefficient (Wildman–Crippen LogP) is 2.64. The van der Waals surface area contributed by atoms with E-state index in [2.05, 4.69) is 10.0 Å². The van der Waals surface area contributed by atoms with Crippen LogP contribution in [-0.2, 0) is 6.42 Å². The Kier molecular flexibility index (Phi) is 4.31. The zero-order valence-corrected chi connectivity index (χ0v) is 8.55. The molecule has 80 valence electrons. The summed E-state index contributed by atoms with van der Waals surface area (Å²) in [6.45, 7) is 2.77. The molecule has 0 atom stereocenters. The molecular weight excluding hydrogens is 194 g/mol. The van der Waals surface area contributed by atoms with Gasteiger partial charge in [-0.05, 0) is 36.6 Å². The van der Waals surface area contributed by atoms with E-state index in [0.29, 0.717) is 25.3 Å². The monoisotopic (exact) mass is 207 g/mol. The van der Waals surface area contributed by atoms with Crippen LogP contribution in [0.1, 0.15) is 12.5 Å². The Hall–Kier alpha value is -1.87. The molecule has 5 nitrogen and oxygen atoms in total. The highest BCUT2D eigenvalue weighted by Gasteiger charge is 2.02. The smallest absolute Gasteiger partial charge is 0.161 e. The molecule has 1 N–H and O–H groups in total. The Labute approximate surface area is 87.9 Å². The first kappa shape index (κ1) is 11.2. The number of aromatic hydroxyl groups is 1. The van der Waals surface area contributed by atoms with Crippen LogP contribution >= 0.6 is 0 Å². The van der Waals surface area contributed by atoms with Gasteiger partial charge >= 0.3 is 0 Å². The van der Waals surface area contributed by atoms with Gasteiger partial charge in [-0.3, -0.25) is 0 Å². The van der Waals surface area contributed by atoms with Gasteiger partial charge in [-0.1, -0.05) is 11.2 Å². The molecule has 1 rings (SSSR count). The molecule has 0 fully saturated rings. The zero-order chi connectivity index (χ0) is 11.1. The van der Waals surface area contributed by atoms with Gasteiger partial charge in [-0.2, -0.15) is 0 Å². The number of nitrogens with zero attached hydrogens (tertiary/aromatic N) is 3. The van der Waals surface area contributed by atoms with Crippen LogP contribution in [-0.4, -0.2) is 18.3 Å². The molecule has 0 saturated heterocycles. The van der Waals surface area contributed by atoms with Crippen LogP contribution < -0.4 is 4.74 Å². The minimum absolute atomic E-state index is 0.129. The zero-order valence-electron chi connectivity index (χ0n) is 8.55. The fourth-order valence-corrected chi connectivity index (χ4v) is 1.21. The third kappa shape index (κ3) is 3.40. The summed E-state index contributed by atoms with van der Waals surface area (Å²) in [6, 6.07) is 5.12. The quantitative estimate of drug-likeness (QED) is 0.457. The molecule has 0 bridgehead atoms. The van der Waals surface area contributed by atoms with Crippen molar-refractivity contribution in [1.82, 2.24) is 0 Å². The molecule has 0 radical (unpaired) electrons. The molecule has 0 aromatic heterocycles. The summed E-state index contributed by atoms with van der Waals surface area (Å²) < 4.78 is 5.23. The van der Waals surface area contributed by atoms with Gasteiger partial charge in [0.25, 0.3) is 0 Å². The average molecular weight is 207 g/mol. The van der Waals surface area contributed by atoms with Gasteiger partial charge in [0.1, 0.15) is 0 Å². The van der Waals surface area contributed by atoms with Crippen LogP contribution in [0.4, 0.5) is 0 Å². The molecule has 5 heteroatoms. The number of phenolic OH excluding ortho intramolecular Hbond substituents is 1. The number of benzene rings is 1. The fraction of sp³-hybridized carbons (Fsp3) is 0.400. The molecular formula is C10H13N3O2.